The van der Waals surface area contributed by atoms with Gasteiger partial charge in [0, 0.05) is 0 Å². The van der Waals surface area contributed by atoms with E-state index in [-0.39, 0.29) is 77.1 Å². The Hall–Kier alpha value is 2.17. The van der Waals surface area contributed by atoms with Crippen LogP contribution in [0.4, 0.5) is 4.11 Å². The van der Waals surface area contributed by atoms with Crippen LogP contribution in [0.15, 0.2) is 0 Å². The molecule has 0 spiro atoms. The molecule has 4 heteroatoms. The van der Waals surface area contributed by atoms with Crippen molar-refractivity contribution < 1.29 is 9.81 Å². The van der Waals surface area contributed by atoms with Crippen molar-refractivity contribution in [1.82, 2.24) is 0 Å². The first-order valence-electron chi connectivity index (χ1n) is 0.378. The van der Waals surface area contributed by atoms with E-state index in [0.717, 1.165) is 0 Å². The Bertz CT molecular complexity index is 16.0. The molecule has 0 unspecified atom stereocenters. The van der Waals surface area contributed by atoms with E-state index in [2.05, 4.69) is 0 Å². The van der Waals surface area contributed by atoms with Crippen molar-refractivity contribution in [2.75, 3.05) is 0 Å². The van der Waals surface area contributed by atoms with Crippen LogP contribution in [0.3, 0.4) is 0 Å². The second-order valence-corrected chi connectivity index (χ2v) is 0. The van der Waals surface area contributed by atoms with Gasteiger partial charge in [-0.2, -0.15) is 0 Å². The van der Waals surface area contributed by atoms with Gasteiger partial charge in [0.2, 0.25) is 10.6 Å². The van der Waals surface area contributed by atoms with E-state index < -0.39 is 0 Å². The summed E-state index contributed by atoms with van der Waals surface area (Å²) in [5.74, 6) is 0. The molecule has 0 radical (unpaired) electrons. The van der Waals surface area contributed by atoms with Crippen LogP contribution < -0.4 is 0 Å². The van der Waals surface area contributed by atoms with Crippen LogP contribution in [0.1, 0.15) is 5.71 Å². The van der Waals surface area contributed by atoms with Gasteiger partial charge in [0.1, 0.15) is 0 Å². The molecule has 0 saturated carbocycles. The van der Waals surface area contributed by atoms with Crippen LogP contribution in [0, 0.1) is 0 Å². The van der Waals surface area contributed by atoms with Crippen molar-refractivity contribution in [3.8, 4) is 0 Å². The molecule has 0 rings (SSSR count). The molecule has 0 N–H and O–H groups in total. The molecule has 0 aliphatic carbocycles. The quantitative estimate of drug-likeness (QED) is 0.281. The Labute approximate surface area is 80.2 Å². The summed E-state index contributed by atoms with van der Waals surface area (Å²) in [4.78, 5) is 0. The summed E-state index contributed by atoms with van der Waals surface area (Å²) >= 11 is 0. The molecule has 0 bridgehead atoms. The van der Waals surface area contributed by atoms with Crippen LogP contribution in [0.5, 0.6) is 0 Å². The Morgan fingerprint density at radius 3 is 1.50 bits per heavy atom. The summed E-state index contributed by atoms with van der Waals surface area (Å²) in [6, 6.07) is 0. The number of halogens is 1. The van der Waals surface area contributed by atoms with E-state index in [1.165, 1.54) is 0 Å². The second kappa shape index (κ2) is 19.1. The van der Waals surface area contributed by atoms with E-state index in [1.54, 1.807) is 0 Å². The predicted molar refractivity (Wildman–Crippen MR) is 27.0 cm³/mol. The molecular weight excluding hydrogens is 111 g/mol. The fourth-order valence-electron chi connectivity index (χ4n) is 0. The molecule has 22 valence electrons. The maximum absolute atomic E-state index is 9.64. The van der Waals surface area contributed by atoms with E-state index >= 15 is 0 Å². The zero-order valence-corrected chi connectivity index (χ0v) is 8.41. The number of hydrogen-bond acceptors (Lipinski definition) is 0. The van der Waals surface area contributed by atoms with Gasteiger partial charge in [-0.3, -0.25) is 0 Å². The third kappa shape index (κ3) is 8.90. The largest absolute Gasteiger partial charge is 2.00 e. The van der Waals surface area contributed by atoms with Crippen LogP contribution in [0.2, 0.25) is 0 Å². The topological polar surface area (TPSA) is 0 Å². The maximum Gasteiger partial charge on any atom is 2.00 e. The number of rotatable bonds is 0. The van der Waals surface area contributed by atoms with Crippen LogP contribution in [-0.4, -0.2) is 71.4 Å². The molecule has 0 amide bonds. The smallest absolute Gasteiger partial charge is 1.00 e. The average molecular weight is 119 g/mol. The normalized spacial score (nSPS) is 2.25. The van der Waals surface area contributed by atoms with Gasteiger partial charge in [-0.05, 0) is 0 Å². The van der Waals surface area contributed by atoms with Crippen molar-refractivity contribution in [3.63, 3.8) is 0 Å². The van der Waals surface area contributed by atoms with Crippen molar-refractivity contribution >= 4 is 71.4 Å². The van der Waals surface area contributed by atoms with Gasteiger partial charge in [-0.1, -0.05) is 0 Å². The zero-order chi connectivity index (χ0) is 2.00. The fourth-order valence-corrected chi connectivity index (χ4v) is 0. The molecule has 0 saturated heterocycles. The van der Waals surface area contributed by atoms with Crippen molar-refractivity contribution in [1.29, 1.82) is 0 Å². The standard InChI is InChI=1S/Ca.FH3Si.Mg.4H/c;1-2;;;;;/h;2H3;;;;;/q+2;;+2;4*-1. The summed E-state index contributed by atoms with van der Waals surface area (Å²) in [6.07, 6.45) is 0. The number of hydrogen-bond donors (Lipinski definition) is 0. The van der Waals surface area contributed by atoms with Crippen LogP contribution in [-0.2, 0) is 0 Å². The molecule has 0 aromatic heterocycles. The second-order valence-electron chi connectivity index (χ2n) is 0. The van der Waals surface area contributed by atoms with Crippen molar-refractivity contribution in [3.05, 3.63) is 0 Å². The van der Waals surface area contributed by atoms with Gasteiger partial charge in [0.05, 0.1) is 0 Å². The SMILES string of the molecule is F[SiH3].[Ca+2].[H-].[H-].[H-].[H-].[Mg+2]. The van der Waals surface area contributed by atoms with E-state index in [1.807, 2.05) is 0 Å². The zero-order valence-electron chi connectivity index (χ0n) is 6.79. The third-order valence-electron chi connectivity index (χ3n) is 0. The molecule has 0 heterocycles. The predicted octanol–water partition coefficient (Wildman–Crippen LogP) is -1.08. The van der Waals surface area contributed by atoms with Gasteiger partial charge < -0.3 is 9.81 Å². The Morgan fingerprint density at radius 1 is 1.50 bits per heavy atom. The Morgan fingerprint density at radius 2 is 1.50 bits per heavy atom. The molecule has 0 aromatic rings. The summed E-state index contributed by atoms with van der Waals surface area (Å²) in [5, 5.41) is 0. The summed E-state index contributed by atoms with van der Waals surface area (Å²) in [7, 11) is -0.194. The van der Waals surface area contributed by atoms with Gasteiger partial charge in [-0.15, -0.1) is 0 Å². The van der Waals surface area contributed by atoms with Crippen LogP contribution >= 0.6 is 0 Å². The molecule has 0 atom stereocenters. The molecule has 0 nitrogen and oxygen atoms in total. The average Bonchev–Trinajstić information content (AvgIpc) is 1.00. The Kier molecular flexibility index (Phi) is 78.3. The monoisotopic (exact) mass is 118 g/mol. The minimum atomic E-state index is -0.194. The fraction of sp³-hybridized carbons (Fsp3) is 0. The van der Waals surface area contributed by atoms with Crippen molar-refractivity contribution in [2.45, 2.75) is 0 Å². The summed E-state index contributed by atoms with van der Waals surface area (Å²) < 4.78 is 9.64. The van der Waals surface area contributed by atoms with Gasteiger partial charge in [-0.25, -0.2) is 0 Å². The van der Waals surface area contributed by atoms with Crippen LogP contribution in [0.25, 0.3) is 0 Å². The molecule has 0 fully saturated rings. The third-order valence-corrected chi connectivity index (χ3v) is 0. The van der Waals surface area contributed by atoms with E-state index in [9.17, 15) is 4.11 Å². The molecule has 0 aliphatic heterocycles. The van der Waals surface area contributed by atoms with Crippen molar-refractivity contribution in [2.24, 2.45) is 0 Å². The van der Waals surface area contributed by atoms with E-state index in [0.29, 0.717) is 0 Å². The molecule has 4 heavy (non-hydrogen) atoms. The Balaban J connectivity index is -0.000000000333. The maximum atomic E-state index is 9.64. The minimum absolute atomic E-state index is 0. The first-order chi connectivity index (χ1) is 1.00. The molecule has 0 aromatic carbocycles. The van der Waals surface area contributed by atoms with Gasteiger partial charge in [0.25, 0.3) is 0 Å². The van der Waals surface area contributed by atoms with Gasteiger partial charge in [0.15, 0.2) is 0 Å². The first kappa shape index (κ1) is 16.4. The molecular formula is H7CaFMgSi. The summed E-state index contributed by atoms with van der Waals surface area (Å²) in [5.41, 5.74) is 0. The minimum Gasteiger partial charge on any atom is -1.00 e. The molecule has 0 aliphatic rings. The van der Waals surface area contributed by atoms with Gasteiger partial charge >= 0.3 is 60.8 Å². The summed E-state index contributed by atoms with van der Waals surface area (Å²) in [6.45, 7) is 0. The first-order valence-corrected chi connectivity index (χ1v) is 1.13. The van der Waals surface area contributed by atoms with E-state index in [4.69, 9.17) is 0 Å².